The monoisotopic (exact) mass is 192 g/mol. The van der Waals surface area contributed by atoms with Crippen LogP contribution in [0.15, 0.2) is 34.5 Å². The van der Waals surface area contributed by atoms with Crippen molar-refractivity contribution < 1.29 is 5.11 Å². The summed E-state index contributed by atoms with van der Waals surface area (Å²) in [6.07, 6.45) is 1.37. The fraction of sp³-hybridized carbons (Fsp3) is 0.111. The van der Waals surface area contributed by atoms with Crippen molar-refractivity contribution in [1.29, 1.82) is 0 Å². The first-order chi connectivity index (χ1) is 6.81. The Hall–Kier alpha value is -1.88. The minimum Gasteiger partial charge on any atom is -0.392 e. The third-order valence-electron chi connectivity index (χ3n) is 1.77. The molecule has 1 aromatic carbocycles. The van der Waals surface area contributed by atoms with E-state index in [-0.39, 0.29) is 6.61 Å². The van der Waals surface area contributed by atoms with Crippen LogP contribution in [0.25, 0.3) is 0 Å². The lowest BCUT2D eigenvalue weighted by Crippen LogP contribution is -2.07. The van der Waals surface area contributed by atoms with Crippen molar-refractivity contribution in [2.75, 3.05) is 0 Å². The highest BCUT2D eigenvalue weighted by atomic mass is 16.3. The predicted molar refractivity (Wildman–Crippen MR) is 55.8 cm³/mol. The molecule has 1 rings (SSSR count). The van der Waals surface area contributed by atoms with Gasteiger partial charge in [0.15, 0.2) is 0 Å². The van der Waals surface area contributed by atoms with E-state index < -0.39 is 0 Å². The SMILES string of the molecule is NN=CC(=NN)c1ccc(CO)cc1. The second kappa shape index (κ2) is 4.98. The molecule has 0 fully saturated rings. The molecule has 0 spiro atoms. The third-order valence-corrected chi connectivity index (χ3v) is 1.77. The third kappa shape index (κ3) is 2.30. The van der Waals surface area contributed by atoms with Gasteiger partial charge >= 0.3 is 0 Å². The van der Waals surface area contributed by atoms with Gasteiger partial charge in [0.25, 0.3) is 0 Å². The molecule has 14 heavy (non-hydrogen) atoms. The highest BCUT2D eigenvalue weighted by molar-refractivity contribution is 6.38. The van der Waals surface area contributed by atoms with Gasteiger partial charge in [-0.25, -0.2) is 0 Å². The van der Waals surface area contributed by atoms with Gasteiger partial charge in [-0.05, 0) is 5.56 Å². The number of aliphatic hydroxyl groups is 1. The van der Waals surface area contributed by atoms with E-state index in [1.165, 1.54) is 6.21 Å². The molecule has 0 heterocycles. The lowest BCUT2D eigenvalue weighted by atomic mass is 10.1. The van der Waals surface area contributed by atoms with Crippen LogP contribution in [0.1, 0.15) is 11.1 Å². The maximum absolute atomic E-state index is 8.83. The summed E-state index contributed by atoms with van der Waals surface area (Å²) in [7, 11) is 0. The molecule has 0 aromatic heterocycles. The van der Waals surface area contributed by atoms with E-state index in [1.54, 1.807) is 24.3 Å². The zero-order valence-electron chi connectivity index (χ0n) is 7.59. The zero-order chi connectivity index (χ0) is 10.4. The van der Waals surface area contributed by atoms with Crippen LogP contribution in [0.4, 0.5) is 0 Å². The number of nitrogens with two attached hydrogens (primary N) is 2. The van der Waals surface area contributed by atoms with E-state index in [9.17, 15) is 0 Å². The summed E-state index contributed by atoms with van der Waals surface area (Å²) in [5, 5.41) is 15.7. The van der Waals surface area contributed by atoms with Gasteiger partial charge in [-0.15, -0.1) is 0 Å². The van der Waals surface area contributed by atoms with E-state index in [2.05, 4.69) is 10.2 Å². The molecule has 0 aliphatic rings. The molecule has 0 saturated heterocycles. The first-order valence-electron chi connectivity index (χ1n) is 4.03. The first-order valence-corrected chi connectivity index (χ1v) is 4.03. The molecule has 1 aromatic rings. The summed E-state index contributed by atoms with van der Waals surface area (Å²) in [5.41, 5.74) is 2.13. The molecule has 74 valence electrons. The predicted octanol–water partition coefficient (Wildman–Crippen LogP) is -0.214. The molecule has 0 unspecified atom stereocenters. The van der Waals surface area contributed by atoms with Gasteiger partial charge in [0.1, 0.15) is 5.71 Å². The van der Waals surface area contributed by atoms with Crippen LogP contribution in [0, 0.1) is 0 Å². The van der Waals surface area contributed by atoms with Crippen molar-refractivity contribution in [2.45, 2.75) is 6.61 Å². The lowest BCUT2D eigenvalue weighted by Gasteiger charge is -2.00. The lowest BCUT2D eigenvalue weighted by molar-refractivity contribution is 0.282. The Morgan fingerprint density at radius 1 is 1.29 bits per heavy atom. The fourth-order valence-corrected chi connectivity index (χ4v) is 1.03. The van der Waals surface area contributed by atoms with Gasteiger partial charge in [0, 0.05) is 5.56 Å². The molecule has 0 aliphatic heterocycles. The normalized spacial score (nSPS) is 12.2. The molecule has 0 amide bonds. The molecule has 0 radical (unpaired) electrons. The number of hydrogen-bond acceptors (Lipinski definition) is 5. The second-order valence-electron chi connectivity index (χ2n) is 2.65. The van der Waals surface area contributed by atoms with Gasteiger partial charge in [-0.1, -0.05) is 24.3 Å². The van der Waals surface area contributed by atoms with Gasteiger partial charge in [-0.2, -0.15) is 10.2 Å². The summed E-state index contributed by atoms with van der Waals surface area (Å²) in [4.78, 5) is 0. The topological polar surface area (TPSA) is 97.0 Å². The van der Waals surface area contributed by atoms with Crippen LogP contribution < -0.4 is 11.7 Å². The van der Waals surface area contributed by atoms with Gasteiger partial charge in [0.2, 0.25) is 0 Å². The number of nitrogens with zero attached hydrogens (tertiary/aromatic N) is 2. The van der Waals surface area contributed by atoms with Crippen LogP contribution in [-0.2, 0) is 6.61 Å². The van der Waals surface area contributed by atoms with Crippen molar-refractivity contribution in [3.8, 4) is 0 Å². The van der Waals surface area contributed by atoms with E-state index >= 15 is 0 Å². The van der Waals surface area contributed by atoms with Crippen molar-refractivity contribution >= 4 is 11.9 Å². The van der Waals surface area contributed by atoms with E-state index in [1.807, 2.05) is 0 Å². The Balaban J connectivity index is 2.96. The molecule has 0 bridgehead atoms. The Labute approximate surface area is 81.7 Å². The van der Waals surface area contributed by atoms with E-state index in [0.29, 0.717) is 5.71 Å². The molecule has 0 aliphatic carbocycles. The molecule has 0 atom stereocenters. The summed E-state index contributed by atoms with van der Waals surface area (Å²) in [6.45, 7) is 0.0142. The number of aliphatic hydroxyl groups excluding tert-OH is 1. The number of hydrazone groups is 2. The Kier molecular flexibility index (Phi) is 3.63. The number of rotatable bonds is 3. The fourth-order valence-electron chi connectivity index (χ4n) is 1.03. The second-order valence-corrected chi connectivity index (χ2v) is 2.65. The number of benzene rings is 1. The molecular formula is C9H12N4O. The van der Waals surface area contributed by atoms with E-state index in [0.717, 1.165) is 11.1 Å². The average Bonchev–Trinajstić information content (AvgIpc) is 2.26. The van der Waals surface area contributed by atoms with E-state index in [4.69, 9.17) is 16.8 Å². The van der Waals surface area contributed by atoms with Crippen LogP contribution in [0.5, 0.6) is 0 Å². The summed E-state index contributed by atoms with van der Waals surface area (Å²) in [5.74, 6) is 10.1. The van der Waals surface area contributed by atoms with Gasteiger partial charge in [-0.3, -0.25) is 0 Å². The maximum atomic E-state index is 8.83. The molecular weight excluding hydrogens is 180 g/mol. The zero-order valence-corrected chi connectivity index (χ0v) is 7.59. The van der Waals surface area contributed by atoms with Crippen molar-refractivity contribution in [2.24, 2.45) is 21.9 Å². The van der Waals surface area contributed by atoms with Crippen molar-refractivity contribution in [3.05, 3.63) is 35.4 Å². The average molecular weight is 192 g/mol. The maximum Gasteiger partial charge on any atom is 0.110 e. The van der Waals surface area contributed by atoms with Gasteiger partial charge < -0.3 is 16.8 Å². The first kappa shape index (κ1) is 10.2. The van der Waals surface area contributed by atoms with Crippen LogP contribution >= 0.6 is 0 Å². The summed E-state index contributed by atoms with van der Waals surface area (Å²) < 4.78 is 0. The molecule has 0 saturated carbocycles. The van der Waals surface area contributed by atoms with Crippen LogP contribution in [0.2, 0.25) is 0 Å². The standard InChI is InChI=1S/C9H12N4O/c10-12-5-9(13-11)8-3-1-7(6-14)2-4-8/h1-5,14H,6,10-11H2. The Morgan fingerprint density at radius 2 is 1.93 bits per heavy atom. The summed E-state index contributed by atoms with van der Waals surface area (Å²) >= 11 is 0. The van der Waals surface area contributed by atoms with Crippen LogP contribution in [0.3, 0.4) is 0 Å². The van der Waals surface area contributed by atoms with Crippen molar-refractivity contribution in [3.63, 3.8) is 0 Å². The van der Waals surface area contributed by atoms with Crippen molar-refractivity contribution in [1.82, 2.24) is 0 Å². The highest BCUT2D eigenvalue weighted by Crippen LogP contribution is 2.04. The van der Waals surface area contributed by atoms with Gasteiger partial charge in [0.05, 0.1) is 12.8 Å². The Bertz CT molecular complexity index is 342. The molecule has 5 N–H and O–H groups in total. The van der Waals surface area contributed by atoms with Crippen LogP contribution in [-0.4, -0.2) is 17.0 Å². The number of hydrogen-bond donors (Lipinski definition) is 3. The molecule has 5 nitrogen and oxygen atoms in total. The quantitative estimate of drug-likeness (QED) is 0.351. The minimum absolute atomic E-state index is 0.0142. The minimum atomic E-state index is 0.0142. The summed E-state index contributed by atoms with van der Waals surface area (Å²) in [6, 6.07) is 7.15. The molecule has 5 heteroatoms. The smallest absolute Gasteiger partial charge is 0.110 e. The highest BCUT2D eigenvalue weighted by Gasteiger charge is 1.99. The largest absolute Gasteiger partial charge is 0.392 e. The Morgan fingerprint density at radius 3 is 2.36 bits per heavy atom.